The highest BCUT2D eigenvalue weighted by molar-refractivity contribution is 6.30. The number of nitrogens with zero attached hydrogens (tertiary/aromatic N) is 4. The van der Waals surface area contributed by atoms with E-state index in [0.717, 1.165) is 101 Å². The summed E-state index contributed by atoms with van der Waals surface area (Å²) in [6, 6.07) is 92.4. The summed E-state index contributed by atoms with van der Waals surface area (Å²) in [5, 5.41) is 14.1. The summed E-state index contributed by atoms with van der Waals surface area (Å²) in [5.74, 6) is 1.72. The number of rotatable bonds is 8. The molecule has 0 aliphatic heterocycles. The van der Waals surface area contributed by atoms with Gasteiger partial charge in [-0.25, -0.2) is 0 Å². The van der Waals surface area contributed by atoms with Crippen LogP contribution in [0.25, 0.3) is 109 Å². The highest BCUT2D eigenvalue weighted by Crippen LogP contribution is 2.49. The first-order chi connectivity index (χ1) is 38.5. The lowest BCUT2D eigenvalue weighted by Crippen LogP contribution is -2.11. The van der Waals surface area contributed by atoms with Gasteiger partial charge in [-0.1, -0.05) is 146 Å². The van der Waals surface area contributed by atoms with E-state index < -0.39 is 0 Å². The molecule has 78 heavy (non-hydrogen) atoms. The molecular formula is C72H48N4O2. The zero-order chi connectivity index (χ0) is 51.6. The molecule has 0 saturated carbocycles. The fourth-order valence-corrected chi connectivity index (χ4v) is 12.7. The SMILES string of the molecule is Cc1oc2ccccc2c1N(c1ccc2ccccc2c1)c1ccc2c3c4ccc5c(c4ccc3n(-c3ccccc3)c2c1)c1ccc(N(c2ccc3ccccc3c2)c2c(C)oc3ccccc23)cc1n5-c1ccccc1. The van der Waals surface area contributed by atoms with Crippen LogP contribution in [0, 0.1) is 13.8 Å². The summed E-state index contributed by atoms with van der Waals surface area (Å²) >= 11 is 0. The molecule has 0 fully saturated rings. The van der Waals surface area contributed by atoms with Gasteiger partial charge in [-0.15, -0.1) is 0 Å². The first-order valence-electron chi connectivity index (χ1n) is 26.7. The molecule has 368 valence electrons. The Balaban J connectivity index is 0.952. The van der Waals surface area contributed by atoms with Crippen LogP contribution in [-0.4, -0.2) is 9.13 Å². The second-order valence-corrected chi connectivity index (χ2v) is 20.5. The lowest BCUT2D eigenvalue weighted by Gasteiger charge is -2.26. The third-order valence-electron chi connectivity index (χ3n) is 16.1. The monoisotopic (exact) mass is 1000 g/mol. The van der Waals surface area contributed by atoms with E-state index in [-0.39, 0.29) is 0 Å². The van der Waals surface area contributed by atoms with Gasteiger partial charge in [0.25, 0.3) is 0 Å². The first kappa shape index (κ1) is 44.0. The Hall–Kier alpha value is -10.3. The van der Waals surface area contributed by atoms with Crippen LogP contribution in [0.2, 0.25) is 0 Å². The van der Waals surface area contributed by atoms with Crippen LogP contribution >= 0.6 is 0 Å². The number of hydrogen-bond acceptors (Lipinski definition) is 4. The van der Waals surface area contributed by atoms with Crippen LogP contribution in [0.5, 0.6) is 0 Å². The van der Waals surface area contributed by atoms with Crippen molar-refractivity contribution in [2.24, 2.45) is 0 Å². The second kappa shape index (κ2) is 17.1. The molecule has 16 aromatic rings. The zero-order valence-electron chi connectivity index (χ0n) is 42.9. The van der Waals surface area contributed by atoms with Gasteiger partial charge in [-0.3, -0.25) is 0 Å². The van der Waals surface area contributed by atoms with Gasteiger partial charge in [0.2, 0.25) is 0 Å². The summed E-state index contributed by atoms with van der Waals surface area (Å²) in [5.41, 5.74) is 14.7. The van der Waals surface area contributed by atoms with E-state index in [1.165, 1.54) is 53.9 Å². The van der Waals surface area contributed by atoms with Crippen molar-refractivity contribution in [3.63, 3.8) is 0 Å². The number of anilines is 6. The number of benzene rings is 12. The third-order valence-corrected chi connectivity index (χ3v) is 16.1. The van der Waals surface area contributed by atoms with E-state index in [1.54, 1.807) is 0 Å². The number of aryl methyl sites for hydroxylation is 2. The standard InChI is InChI=1S/C72H48N4O2/c1-45-71(61-25-13-15-27-67(61)77-45)73(53-31-29-47-17-9-11-19-49(47)41-53)55-33-35-59-65(43-55)75(51-21-5-3-6-22-51)63-39-37-58-57(69(59)63)38-40-64-70(58)60-36-34-56(44-66(60)76(64)52-23-7-4-8-24-52)74(54-32-30-48-18-10-12-20-50(48)42-54)72-46(2)78-68-28-16-14-26-62(68)72/h3-44H,1-2H3. The van der Waals surface area contributed by atoms with Crippen LogP contribution in [0.1, 0.15) is 11.5 Å². The maximum atomic E-state index is 6.52. The Morgan fingerprint density at radius 3 is 1.09 bits per heavy atom. The molecule has 4 aromatic heterocycles. The first-order valence-corrected chi connectivity index (χ1v) is 26.7. The minimum absolute atomic E-state index is 0.858. The van der Waals surface area contributed by atoms with E-state index in [4.69, 9.17) is 8.83 Å². The number of fused-ring (bicyclic) bond motifs is 13. The smallest absolute Gasteiger partial charge is 0.136 e. The van der Waals surface area contributed by atoms with Crippen LogP contribution in [0.3, 0.4) is 0 Å². The maximum Gasteiger partial charge on any atom is 0.136 e. The van der Waals surface area contributed by atoms with Gasteiger partial charge in [-0.2, -0.15) is 0 Å². The largest absolute Gasteiger partial charge is 0.459 e. The van der Waals surface area contributed by atoms with Gasteiger partial charge in [0.1, 0.15) is 22.7 Å². The molecule has 16 rings (SSSR count). The minimum Gasteiger partial charge on any atom is -0.459 e. The number of aromatic nitrogens is 2. The van der Waals surface area contributed by atoms with E-state index in [1.807, 2.05) is 12.1 Å². The fourth-order valence-electron chi connectivity index (χ4n) is 12.7. The van der Waals surface area contributed by atoms with Gasteiger partial charge in [-0.05, 0) is 155 Å². The lowest BCUT2D eigenvalue weighted by molar-refractivity contribution is 0.579. The summed E-state index contributed by atoms with van der Waals surface area (Å²) in [7, 11) is 0. The van der Waals surface area contributed by atoms with Crippen LogP contribution in [0.15, 0.2) is 264 Å². The van der Waals surface area contributed by atoms with Crippen LogP contribution in [-0.2, 0) is 0 Å². The zero-order valence-corrected chi connectivity index (χ0v) is 42.9. The molecule has 6 heteroatoms. The molecule has 0 spiro atoms. The van der Waals surface area contributed by atoms with Gasteiger partial charge >= 0.3 is 0 Å². The molecular weight excluding hydrogens is 953 g/mol. The van der Waals surface area contributed by atoms with Crippen molar-refractivity contribution in [2.75, 3.05) is 9.80 Å². The topological polar surface area (TPSA) is 42.6 Å². The average Bonchev–Trinajstić information content (AvgIpc) is 3.92. The average molecular weight is 1000 g/mol. The summed E-state index contributed by atoms with van der Waals surface area (Å²) in [6.07, 6.45) is 0. The van der Waals surface area contributed by atoms with Crippen molar-refractivity contribution < 1.29 is 8.83 Å². The summed E-state index contributed by atoms with van der Waals surface area (Å²) in [6.45, 7) is 4.16. The molecule has 0 amide bonds. The molecule has 0 radical (unpaired) electrons. The van der Waals surface area contributed by atoms with Crippen molar-refractivity contribution in [1.29, 1.82) is 0 Å². The third kappa shape index (κ3) is 6.63. The molecule has 6 nitrogen and oxygen atoms in total. The normalized spacial score (nSPS) is 12.0. The number of hydrogen-bond donors (Lipinski definition) is 0. The van der Waals surface area contributed by atoms with Crippen molar-refractivity contribution in [1.82, 2.24) is 9.13 Å². The lowest BCUT2D eigenvalue weighted by atomic mass is 9.99. The Morgan fingerprint density at radius 2 is 0.641 bits per heavy atom. The molecule has 0 bridgehead atoms. The highest BCUT2D eigenvalue weighted by Gasteiger charge is 2.27. The predicted octanol–water partition coefficient (Wildman–Crippen LogP) is 20.4. The Labute approximate surface area is 449 Å². The molecule has 0 saturated heterocycles. The maximum absolute atomic E-state index is 6.52. The highest BCUT2D eigenvalue weighted by atomic mass is 16.3. The van der Waals surface area contributed by atoms with Gasteiger partial charge in [0, 0.05) is 66.4 Å². The fraction of sp³-hybridized carbons (Fsp3) is 0.0278. The Kier molecular flexibility index (Phi) is 9.66. The van der Waals surface area contributed by atoms with Crippen LogP contribution < -0.4 is 9.80 Å². The molecule has 0 unspecified atom stereocenters. The summed E-state index contributed by atoms with van der Waals surface area (Å²) < 4.78 is 17.9. The Bertz CT molecular complexity index is 4760. The number of para-hydroxylation sites is 4. The van der Waals surface area contributed by atoms with E-state index in [0.29, 0.717) is 0 Å². The van der Waals surface area contributed by atoms with E-state index in [2.05, 4.69) is 275 Å². The van der Waals surface area contributed by atoms with Crippen LogP contribution in [0.4, 0.5) is 34.1 Å². The van der Waals surface area contributed by atoms with E-state index >= 15 is 0 Å². The van der Waals surface area contributed by atoms with Gasteiger partial charge in [0.05, 0.1) is 33.4 Å². The number of furan rings is 2. The minimum atomic E-state index is 0.858. The predicted molar refractivity (Wildman–Crippen MR) is 326 cm³/mol. The second-order valence-electron chi connectivity index (χ2n) is 20.5. The van der Waals surface area contributed by atoms with Crippen molar-refractivity contribution in [2.45, 2.75) is 13.8 Å². The molecule has 0 aliphatic carbocycles. The molecule has 0 aliphatic rings. The van der Waals surface area contributed by atoms with E-state index in [9.17, 15) is 0 Å². The quantitative estimate of drug-likeness (QED) is 0.152. The van der Waals surface area contributed by atoms with Gasteiger partial charge < -0.3 is 27.8 Å². The Morgan fingerprint density at radius 1 is 0.282 bits per heavy atom. The molecule has 0 N–H and O–H groups in total. The van der Waals surface area contributed by atoms with Crippen molar-refractivity contribution in [3.05, 3.63) is 266 Å². The van der Waals surface area contributed by atoms with Crippen molar-refractivity contribution >= 4 is 132 Å². The molecule has 0 atom stereocenters. The molecule has 4 heterocycles. The summed E-state index contributed by atoms with van der Waals surface area (Å²) in [4.78, 5) is 4.76. The van der Waals surface area contributed by atoms with Crippen molar-refractivity contribution in [3.8, 4) is 11.4 Å². The van der Waals surface area contributed by atoms with Gasteiger partial charge in [0.15, 0.2) is 0 Å². The molecule has 12 aromatic carbocycles.